The number of nitro benzene ring substituents is 1. The number of nitro groups is 1. The van der Waals surface area contributed by atoms with Crippen molar-refractivity contribution in [3.63, 3.8) is 0 Å². The third-order valence-electron chi connectivity index (χ3n) is 1.44. The van der Waals surface area contributed by atoms with E-state index in [0.717, 1.165) is 18.2 Å². The summed E-state index contributed by atoms with van der Waals surface area (Å²) in [5.41, 5.74) is -2.05. The van der Waals surface area contributed by atoms with Crippen molar-refractivity contribution in [1.82, 2.24) is 0 Å². The highest BCUT2D eigenvalue weighted by atomic mass is 19.3. The molecule has 6 heteroatoms. The van der Waals surface area contributed by atoms with Crippen molar-refractivity contribution in [3.05, 3.63) is 39.7 Å². The van der Waals surface area contributed by atoms with Crippen molar-refractivity contribution in [3.8, 4) is 0 Å². The Hall–Kier alpha value is -1.59. The van der Waals surface area contributed by atoms with Crippen LogP contribution in [-0.2, 0) is 0 Å². The molecule has 0 aliphatic heterocycles. The number of para-hydroxylation sites is 1. The maximum atomic E-state index is 12.7. The van der Waals surface area contributed by atoms with E-state index in [0.29, 0.717) is 0 Å². The molecule has 0 aliphatic rings. The van der Waals surface area contributed by atoms with Crippen LogP contribution in [0.25, 0.3) is 0 Å². The van der Waals surface area contributed by atoms with Crippen LogP contribution in [-0.4, -0.2) is 4.92 Å². The number of nitrogens with zero attached hydrogens (tertiary/aromatic N) is 1. The molecule has 1 aromatic carbocycles. The van der Waals surface area contributed by atoms with E-state index in [4.69, 9.17) is 0 Å². The van der Waals surface area contributed by atoms with Gasteiger partial charge in [-0.1, -0.05) is 6.07 Å². The first-order valence-electron chi connectivity index (χ1n) is 3.25. The Balaban J connectivity index is 3.34. The summed E-state index contributed by atoms with van der Waals surface area (Å²) < 4.78 is 36.9. The Labute approximate surface area is 70.9 Å². The topological polar surface area (TPSA) is 43.1 Å². The van der Waals surface area contributed by atoms with Gasteiger partial charge in [0.05, 0.1) is 10.5 Å². The van der Waals surface area contributed by atoms with E-state index < -0.39 is 28.4 Å². The van der Waals surface area contributed by atoms with Gasteiger partial charge in [0.25, 0.3) is 6.43 Å². The number of hydrogen-bond donors (Lipinski definition) is 0. The molecule has 0 bridgehead atoms. The summed E-state index contributed by atoms with van der Waals surface area (Å²) in [7, 11) is 0. The summed E-state index contributed by atoms with van der Waals surface area (Å²) >= 11 is 0. The highest BCUT2D eigenvalue weighted by Crippen LogP contribution is 2.30. The van der Waals surface area contributed by atoms with Crippen molar-refractivity contribution in [2.45, 2.75) is 6.43 Å². The van der Waals surface area contributed by atoms with Gasteiger partial charge in [-0.2, -0.15) is 4.39 Å². The standard InChI is InChI=1S/C7H4F3NO2/c8-5-3-1-2-4(7(9)10)6(5)11(12)13/h1-3,7H. The van der Waals surface area contributed by atoms with Gasteiger partial charge < -0.3 is 0 Å². The molecule has 0 unspecified atom stereocenters. The highest BCUT2D eigenvalue weighted by molar-refractivity contribution is 5.42. The molecule has 1 aromatic rings. The minimum absolute atomic E-state index is 0.768. The van der Waals surface area contributed by atoms with Gasteiger partial charge in [-0.15, -0.1) is 0 Å². The Morgan fingerprint density at radius 2 is 2.00 bits per heavy atom. The zero-order chi connectivity index (χ0) is 10.0. The van der Waals surface area contributed by atoms with Gasteiger partial charge in [-0.25, -0.2) is 8.78 Å². The Kier molecular flexibility index (Phi) is 2.50. The molecule has 0 amide bonds. The van der Waals surface area contributed by atoms with Gasteiger partial charge >= 0.3 is 5.69 Å². The molecule has 0 fully saturated rings. The van der Waals surface area contributed by atoms with Crippen molar-refractivity contribution in [2.24, 2.45) is 0 Å². The Bertz CT molecular complexity index is 341. The fourth-order valence-electron chi connectivity index (χ4n) is 0.901. The van der Waals surface area contributed by atoms with Crippen molar-refractivity contribution in [2.75, 3.05) is 0 Å². The zero-order valence-electron chi connectivity index (χ0n) is 6.21. The monoisotopic (exact) mass is 191 g/mol. The second kappa shape index (κ2) is 3.42. The van der Waals surface area contributed by atoms with Crippen LogP contribution in [0.4, 0.5) is 18.9 Å². The fraction of sp³-hybridized carbons (Fsp3) is 0.143. The SMILES string of the molecule is O=[N+]([O-])c1c(F)cccc1C(F)F. The molecule has 0 atom stereocenters. The van der Waals surface area contributed by atoms with Crippen LogP contribution < -0.4 is 0 Å². The molecular formula is C7H4F3NO2. The summed E-state index contributed by atoms with van der Waals surface area (Å²) in [4.78, 5) is 9.02. The minimum atomic E-state index is -3.05. The van der Waals surface area contributed by atoms with E-state index in [1.54, 1.807) is 0 Å². The molecule has 0 saturated carbocycles. The number of alkyl halides is 2. The van der Waals surface area contributed by atoms with Crippen LogP contribution in [0.5, 0.6) is 0 Å². The average Bonchev–Trinajstić information content (AvgIpc) is 2.02. The van der Waals surface area contributed by atoms with Crippen LogP contribution in [0.1, 0.15) is 12.0 Å². The van der Waals surface area contributed by atoms with Gasteiger partial charge in [-0.3, -0.25) is 10.1 Å². The largest absolute Gasteiger partial charge is 0.313 e. The van der Waals surface area contributed by atoms with Gasteiger partial charge in [0.2, 0.25) is 5.82 Å². The Morgan fingerprint density at radius 1 is 1.38 bits per heavy atom. The average molecular weight is 191 g/mol. The van der Waals surface area contributed by atoms with Gasteiger partial charge in [-0.05, 0) is 12.1 Å². The smallest absolute Gasteiger partial charge is 0.258 e. The first kappa shape index (κ1) is 9.50. The second-order valence-corrected chi connectivity index (χ2v) is 2.24. The van der Waals surface area contributed by atoms with Crippen LogP contribution in [0.3, 0.4) is 0 Å². The predicted octanol–water partition coefficient (Wildman–Crippen LogP) is 2.67. The van der Waals surface area contributed by atoms with Gasteiger partial charge in [0.1, 0.15) is 0 Å². The van der Waals surface area contributed by atoms with Crippen LogP contribution >= 0.6 is 0 Å². The molecule has 0 radical (unpaired) electrons. The normalized spacial score (nSPS) is 10.5. The molecule has 0 aliphatic carbocycles. The molecule has 1 rings (SSSR count). The van der Waals surface area contributed by atoms with E-state index in [9.17, 15) is 23.3 Å². The lowest BCUT2D eigenvalue weighted by Crippen LogP contribution is -1.98. The van der Waals surface area contributed by atoms with E-state index in [-0.39, 0.29) is 0 Å². The third-order valence-corrected chi connectivity index (χ3v) is 1.44. The first-order valence-corrected chi connectivity index (χ1v) is 3.25. The highest BCUT2D eigenvalue weighted by Gasteiger charge is 2.25. The summed E-state index contributed by atoms with van der Waals surface area (Å²) in [5.74, 6) is -1.25. The molecule has 3 nitrogen and oxygen atoms in total. The Morgan fingerprint density at radius 3 is 2.38 bits per heavy atom. The predicted molar refractivity (Wildman–Crippen MR) is 38.0 cm³/mol. The van der Waals surface area contributed by atoms with E-state index in [1.165, 1.54) is 0 Å². The number of rotatable bonds is 2. The number of benzene rings is 1. The molecule has 0 aromatic heterocycles. The molecule has 70 valence electrons. The lowest BCUT2D eigenvalue weighted by Gasteiger charge is -2.00. The molecule has 13 heavy (non-hydrogen) atoms. The first-order chi connectivity index (χ1) is 6.04. The van der Waals surface area contributed by atoms with Crippen molar-refractivity contribution < 1.29 is 18.1 Å². The van der Waals surface area contributed by atoms with Gasteiger partial charge in [0, 0.05) is 0 Å². The maximum absolute atomic E-state index is 12.7. The summed E-state index contributed by atoms with van der Waals surface area (Å²) in [5, 5.41) is 10.2. The van der Waals surface area contributed by atoms with Crippen LogP contribution in [0.15, 0.2) is 18.2 Å². The maximum Gasteiger partial charge on any atom is 0.313 e. The molecule has 0 spiro atoms. The van der Waals surface area contributed by atoms with Crippen molar-refractivity contribution >= 4 is 5.69 Å². The lowest BCUT2D eigenvalue weighted by molar-refractivity contribution is -0.389. The van der Waals surface area contributed by atoms with Crippen LogP contribution in [0.2, 0.25) is 0 Å². The fourth-order valence-corrected chi connectivity index (χ4v) is 0.901. The van der Waals surface area contributed by atoms with Gasteiger partial charge in [0.15, 0.2) is 0 Å². The van der Waals surface area contributed by atoms with E-state index in [2.05, 4.69) is 0 Å². The molecule has 0 saturated heterocycles. The quantitative estimate of drug-likeness (QED) is 0.532. The molecule has 0 N–H and O–H groups in total. The van der Waals surface area contributed by atoms with Crippen molar-refractivity contribution in [1.29, 1.82) is 0 Å². The van der Waals surface area contributed by atoms with E-state index >= 15 is 0 Å². The number of hydrogen-bond acceptors (Lipinski definition) is 2. The van der Waals surface area contributed by atoms with Crippen LogP contribution in [0, 0.1) is 15.9 Å². The third kappa shape index (κ3) is 1.77. The number of halogens is 3. The summed E-state index contributed by atoms with van der Waals surface area (Å²) in [6, 6.07) is 2.60. The summed E-state index contributed by atoms with van der Waals surface area (Å²) in [6.45, 7) is 0. The zero-order valence-corrected chi connectivity index (χ0v) is 6.21. The second-order valence-electron chi connectivity index (χ2n) is 2.24. The molecule has 0 heterocycles. The molecular weight excluding hydrogens is 187 g/mol. The summed E-state index contributed by atoms with van der Waals surface area (Å²) in [6.07, 6.45) is -3.05. The minimum Gasteiger partial charge on any atom is -0.258 e. The van der Waals surface area contributed by atoms with E-state index in [1.807, 2.05) is 0 Å². The lowest BCUT2D eigenvalue weighted by atomic mass is 10.2.